The zero-order valence-corrected chi connectivity index (χ0v) is 16.2. The van der Waals surface area contributed by atoms with Crippen LogP contribution in [0.5, 0.6) is 23.0 Å². The first-order chi connectivity index (χ1) is 13.6. The van der Waals surface area contributed by atoms with E-state index >= 15 is 0 Å². The molecule has 28 heavy (non-hydrogen) atoms. The zero-order valence-electron chi connectivity index (χ0n) is 16.2. The molecule has 0 spiro atoms. The van der Waals surface area contributed by atoms with E-state index in [0.29, 0.717) is 22.6 Å². The molecule has 2 aromatic rings. The Morgan fingerprint density at radius 3 is 1.61 bits per heavy atom. The first kappa shape index (κ1) is 19.7. The van der Waals surface area contributed by atoms with Gasteiger partial charge in [0.15, 0.2) is 0 Å². The minimum Gasteiger partial charge on any atom is -0.507 e. The maximum absolute atomic E-state index is 10.0. The number of hydrogen-bond acceptors (Lipinski definition) is 6. The van der Waals surface area contributed by atoms with Crippen molar-refractivity contribution in [3.63, 3.8) is 0 Å². The third-order valence-corrected chi connectivity index (χ3v) is 4.97. The molecule has 1 saturated carbocycles. The van der Waals surface area contributed by atoms with Gasteiger partial charge < -0.3 is 19.7 Å². The van der Waals surface area contributed by atoms with Crippen LogP contribution in [0.4, 0.5) is 0 Å². The van der Waals surface area contributed by atoms with Gasteiger partial charge in [-0.05, 0) is 49.2 Å². The summed E-state index contributed by atoms with van der Waals surface area (Å²) in [4.78, 5) is 9.40. The van der Waals surface area contributed by atoms with Crippen LogP contribution in [0.25, 0.3) is 0 Å². The number of benzene rings is 2. The fourth-order valence-corrected chi connectivity index (χ4v) is 3.32. The molecule has 6 heteroatoms. The molecular weight excluding hydrogens is 356 g/mol. The minimum atomic E-state index is 0.0309. The van der Waals surface area contributed by atoms with Crippen LogP contribution in [0.2, 0.25) is 0 Å². The Kier molecular flexibility index (Phi) is 6.53. The normalized spacial score (nSPS) is 19.9. The predicted molar refractivity (Wildman–Crippen MR) is 111 cm³/mol. The van der Waals surface area contributed by atoms with Crippen LogP contribution in [-0.4, -0.2) is 48.9 Å². The van der Waals surface area contributed by atoms with E-state index in [1.54, 1.807) is 63.0 Å². The minimum absolute atomic E-state index is 0.0309. The van der Waals surface area contributed by atoms with E-state index < -0.39 is 0 Å². The molecule has 2 atom stereocenters. The molecule has 3 rings (SSSR count). The molecule has 0 unspecified atom stereocenters. The van der Waals surface area contributed by atoms with Crippen LogP contribution in [0, 0.1) is 0 Å². The first-order valence-electron chi connectivity index (χ1n) is 9.41. The fourth-order valence-electron chi connectivity index (χ4n) is 3.32. The van der Waals surface area contributed by atoms with Gasteiger partial charge in [-0.1, -0.05) is 12.8 Å². The van der Waals surface area contributed by atoms with Gasteiger partial charge in [0.05, 0.1) is 26.3 Å². The molecule has 0 heterocycles. The van der Waals surface area contributed by atoms with Gasteiger partial charge in [-0.25, -0.2) is 0 Å². The van der Waals surface area contributed by atoms with Gasteiger partial charge in [-0.15, -0.1) is 0 Å². The number of phenols is 2. The van der Waals surface area contributed by atoms with Crippen LogP contribution >= 0.6 is 0 Å². The second-order valence-corrected chi connectivity index (χ2v) is 6.82. The number of nitrogens with zero attached hydrogens (tertiary/aromatic N) is 2. The maximum Gasteiger partial charge on any atom is 0.124 e. The van der Waals surface area contributed by atoms with E-state index in [2.05, 4.69) is 0 Å². The van der Waals surface area contributed by atoms with Crippen molar-refractivity contribution in [2.45, 2.75) is 37.8 Å². The highest BCUT2D eigenvalue weighted by molar-refractivity contribution is 5.85. The summed E-state index contributed by atoms with van der Waals surface area (Å²) in [6.07, 6.45) is 7.46. The number of aromatic hydroxyl groups is 2. The molecule has 0 amide bonds. The number of hydrogen-bond donors (Lipinski definition) is 2. The lowest BCUT2D eigenvalue weighted by Crippen LogP contribution is -2.27. The molecule has 6 nitrogen and oxygen atoms in total. The van der Waals surface area contributed by atoms with Crippen LogP contribution < -0.4 is 9.47 Å². The Labute approximate surface area is 165 Å². The lowest BCUT2D eigenvalue weighted by molar-refractivity contribution is 0.389. The molecule has 0 aliphatic heterocycles. The van der Waals surface area contributed by atoms with Gasteiger partial charge in [-0.3, -0.25) is 9.98 Å². The third-order valence-electron chi connectivity index (χ3n) is 4.97. The Morgan fingerprint density at radius 2 is 1.21 bits per heavy atom. The Morgan fingerprint density at radius 1 is 0.786 bits per heavy atom. The van der Waals surface area contributed by atoms with Gasteiger partial charge in [0.1, 0.15) is 23.0 Å². The van der Waals surface area contributed by atoms with Crippen molar-refractivity contribution in [1.29, 1.82) is 0 Å². The Balaban J connectivity index is 1.77. The van der Waals surface area contributed by atoms with Crippen LogP contribution in [0.1, 0.15) is 36.8 Å². The highest BCUT2D eigenvalue weighted by Crippen LogP contribution is 2.27. The molecule has 1 fully saturated rings. The topological polar surface area (TPSA) is 83.6 Å². The average molecular weight is 382 g/mol. The summed E-state index contributed by atoms with van der Waals surface area (Å²) in [5, 5.41) is 20.1. The maximum atomic E-state index is 10.0. The molecule has 148 valence electrons. The molecule has 1 aliphatic carbocycles. The van der Waals surface area contributed by atoms with Crippen LogP contribution in [0.15, 0.2) is 46.4 Å². The highest BCUT2D eigenvalue weighted by Gasteiger charge is 2.23. The first-order valence-corrected chi connectivity index (χ1v) is 9.41. The standard InChI is InChI=1S/C22H26N2O4/c1-27-17-7-9-21(25)15(11-17)13-23-19-5-3-4-6-20(19)24-14-16-12-18(28-2)8-10-22(16)26/h7-14,19-20,25-26H,3-6H2,1-2H3/t19-,20-/m1/s1. The van der Waals surface area contributed by atoms with Crippen molar-refractivity contribution < 1.29 is 19.7 Å². The lowest BCUT2D eigenvalue weighted by Gasteiger charge is -2.25. The summed E-state index contributed by atoms with van der Waals surface area (Å²) in [7, 11) is 3.18. The largest absolute Gasteiger partial charge is 0.507 e. The second kappa shape index (κ2) is 9.26. The highest BCUT2D eigenvalue weighted by atomic mass is 16.5. The number of aliphatic imine (C=N–C) groups is 2. The number of rotatable bonds is 6. The van der Waals surface area contributed by atoms with Gasteiger partial charge >= 0.3 is 0 Å². The molecule has 2 N–H and O–H groups in total. The lowest BCUT2D eigenvalue weighted by atomic mass is 9.91. The zero-order chi connectivity index (χ0) is 19.9. The summed E-state index contributed by atoms with van der Waals surface area (Å²) < 4.78 is 10.4. The van der Waals surface area contributed by atoms with Crippen molar-refractivity contribution >= 4 is 12.4 Å². The monoisotopic (exact) mass is 382 g/mol. The van der Waals surface area contributed by atoms with E-state index in [9.17, 15) is 10.2 Å². The molecular formula is C22H26N2O4. The summed E-state index contributed by atoms with van der Waals surface area (Å²) in [6.45, 7) is 0. The number of phenolic OH excluding ortho intramolecular Hbond substituents is 2. The summed E-state index contributed by atoms with van der Waals surface area (Å²) in [5.74, 6) is 1.68. The molecule has 0 bridgehead atoms. The van der Waals surface area contributed by atoms with Gasteiger partial charge in [-0.2, -0.15) is 0 Å². The van der Waals surface area contributed by atoms with E-state index in [-0.39, 0.29) is 23.6 Å². The fraction of sp³-hybridized carbons (Fsp3) is 0.364. The van der Waals surface area contributed by atoms with Crippen molar-refractivity contribution in [3.8, 4) is 23.0 Å². The number of ether oxygens (including phenoxy) is 2. The molecule has 2 aromatic carbocycles. The van der Waals surface area contributed by atoms with Crippen molar-refractivity contribution in [1.82, 2.24) is 0 Å². The number of methoxy groups -OCH3 is 2. The van der Waals surface area contributed by atoms with Gasteiger partial charge in [0, 0.05) is 23.6 Å². The van der Waals surface area contributed by atoms with Gasteiger partial charge in [0.25, 0.3) is 0 Å². The molecule has 0 radical (unpaired) electrons. The summed E-state index contributed by atoms with van der Waals surface area (Å²) in [5.41, 5.74) is 1.25. The predicted octanol–water partition coefficient (Wildman–Crippen LogP) is 3.96. The van der Waals surface area contributed by atoms with E-state index in [1.807, 2.05) is 0 Å². The van der Waals surface area contributed by atoms with Crippen LogP contribution in [-0.2, 0) is 0 Å². The van der Waals surface area contributed by atoms with E-state index in [0.717, 1.165) is 25.7 Å². The second-order valence-electron chi connectivity index (χ2n) is 6.82. The van der Waals surface area contributed by atoms with Crippen molar-refractivity contribution in [2.75, 3.05) is 14.2 Å². The summed E-state index contributed by atoms with van der Waals surface area (Å²) >= 11 is 0. The molecule has 0 aromatic heterocycles. The Hall–Kier alpha value is -3.02. The van der Waals surface area contributed by atoms with Crippen LogP contribution in [0.3, 0.4) is 0 Å². The molecule has 0 saturated heterocycles. The average Bonchev–Trinajstić information content (AvgIpc) is 2.73. The quantitative estimate of drug-likeness (QED) is 0.741. The smallest absolute Gasteiger partial charge is 0.124 e. The van der Waals surface area contributed by atoms with Crippen molar-refractivity contribution in [2.24, 2.45) is 9.98 Å². The van der Waals surface area contributed by atoms with E-state index in [4.69, 9.17) is 19.5 Å². The Bertz CT molecular complexity index is 792. The van der Waals surface area contributed by atoms with E-state index in [1.165, 1.54) is 0 Å². The summed E-state index contributed by atoms with van der Waals surface area (Å²) in [6, 6.07) is 10.2. The van der Waals surface area contributed by atoms with Crippen molar-refractivity contribution in [3.05, 3.63) is 47.5 Å². The molecule has 1 aliphatic rings. The van der Waals surface area contributed by atoms with Gasteiger partial charge in [0.2, 0.25) is 0 Å². The third kappa shape index (κ3) is 4.82. The SMILES string of the molecule is COc1ccc(O)c(C=N[C@@H]2CCCC[C@H]2N=Cc2cc(OC)ccc2O)c1.